The number of nitrogens with zero attached hydrogens (tertiary/aromatic N) is 3. The molecule has 1 aromatic carbocycles. The number of rotatable bonds is 4. The minimum atomic E-state index is -0.505. The Labute approximate surface area is 170 Å². The van der Waals surface area contributed by atoms with Crippen molar-refractivity contribution in [3.8, 4) is 0 Å². The highest BCUT2D eigenvalue weighted by Crippen LogP contribution is 2.41. The fraction of sp³-hybridized carbons (Fsp3) is 0.435. The van der Waals surface area contributed by atoms with E-state index >= 15 is 0 Å². The van der Waals surface area contributed by atoms with Gasteiger partial charge >= 0.3 is 0 Å². The van der Waals surface area contributed by atoms with Crippen LogP contribution in [0.25, 0.3) is 11.0 Å². The van der Waals surface area contributed by atoms with Gasteiger partial charge in [-0.05, 0) is 55.6 Å². The van der Waals surface area contributed by atoms with Crippen molar-refractivity contribution in [2.24, 2.45) is 0 Å². The summed E-state index contributed by atoms with van der Waals surface area (Å²) in [4.78, 5) is 7.36. The summed E-state index contributed by atoms with van der Waals surface area (Å²) in [7, 11) is 0. The van der Waals surface area contributed by atoms with Crippen molar-refractivity contribution < 1.29 is 4.39 Å². The summed E-state index contributed by atoms with van der Waals surface area (Å²) in [6.07, 6.45) is 5.73. The Hall–Kier alpha value is -1.91. The van der Waals surface area contributed by atoms with E-state index in [2.05, 4.69) is 27.7 Å². The van der Waals surface area contributed by atoms with Gasteiger partial charge in [-0.1, -0.05) is 30.2 Å². The van der Waals surface area contributed by atoms with E-state index in [1.807, 2.05) is 18.2 Å². The second-order valence-corrected chi connectivity index (χ2v) is 8.43. The average Bonchev–Trinajstić information content (AvgIpc) is 3.06. The van der Waals surface area contributed by atoms with E-state index in [1.54, 1.807) is 0 Å². The van der Waals surface area contributed by atoms with E-state index in [-0.39, 0.29) is 0 Å². The zero-order valence-electron chi connectivity index (χ0n) is 16.0. The predicted molar refractivity (Wildman–Crippen MR) is 112 cm³/mol. The first kappa shape index (κ1) is 18.1. The monoisotopic (exact) mass is 397 g/mol. The van der Waals surface area contributed by atoms with Crippen LogP contribution in [0.3, 0.4) is 0 Å². The number of benzene rings is 1. The fourth-order valence-electron chi connectivity index (χ4n) is 5.01. The summed E-state index contributed by atoms with van der Waals surface area (Å²) in [6, 6.07) is 12.5. The number of aromatic nitrogens is 2. The van der Waals surface area contributed by atoms with Gasteiger partial charge in [0.2, 0.25) is 0 Å². The molecule has 5 heteroatoms. The smallest absolute Gasteiger partial charge is 0.131 e. The summed E-state index contributed by atoms with van der Waals surface area (Å²) in [5, 5.41) is 0.771. The van der Waals surface area contributed by atoms with Crippen LogP contribution in [0.1, 0.15) is 47.8 Å². The maximum Gasteiger partial charge on any atom is 0.131 e. The van der Waals surface area contributed by atoms with Crippen molar-refractivity contribution in [1.29, 1.82) is 0 Å². The van der Waals surface area contributed by atoms with Gasteiger partial charge in [0.1, 0.15) is 6.67 Å². The molecule has 3 nitrogen and oxygen atoms in total. The molecule has 2 aliphatic rings. The molecule has 5 rings (SSSR count). The number of hydrogen-bond donors (Lipinski definition) is 0. The zero-order chi connectivity index (χ0) is 19.1. The Morgan fingerprint density at radius 3 is 2.75 bits per heavy atom. The number of aryl methyl sites for hydroxylation is 2. The van der Waals surface area contributed by atoms with E-state index in [0.717, 1.165) is 42.0 Å². The van der Waals surface area contributed by atoms with E-state index < -0.39 is 6.67 Å². The lowest BCUT2D eigenvalue weighted by Gasteiger charge is -2.39. The highest BCUT2D eigenvalue weighted by atomic mass is 35.5. The van der Waals surface area contributed by atoms with Crippen molar-refractivity contribution in [2.45, 2.75) is 51.4 Å². The lowest BCUT2D eigenvalue weighted by molar-refractivity contribution is 0.138. The lowest BCUT2D eigenvalue weighted by Crippen LogP contribution is -2.39. The van der Waals surface area contributed by atoms with E-state index in [1.165, 1.54) is 42.6 Å². The number of fused-ring (bicyclic) bond motifs is 5. The fourth-order valence-corrected chi connectivity index (χ4v) is 5.14. The van der Waals surface area contributed by atoms with Gasteiger partial charge in [-0.15, -0.1) is 0 Å². The zero-order valence-corrected chi connectivity index (χ0v) is 16.8. The second-order valence-electron chi connectivity index (χ2n) is 7.99. The molecule has 1 unspecified atom stereocenters. The van der Waals surface area contributed by atoms with Crippen molar-refractivity contribution in [2.75, 3.05) is 13.1 Å². The van der Waals surface area contributed by atoms with Crippen LogP contribution in [0.2, 0.25) is 5.02 Å². The van der Waals surface area contributed by atoms with Crippen molar-refractivity contribution in [3.05, 3.63) is 63.9 Å². The standard InChI is InChI=1S/C23H25ClFN3/c24-17-6-4-16(5-7-17)10-14-28-20-11-13-27-12-2-1-3-19(27)22(20)23-21(28)9-8-18(15-25)26-23/h4-9,19H,1-3,10-15H2. The molecular formula is C23H25ClFN3. The number of hydrogen-bond acceptors (Lipinski definition) is 2. The van der Waals surface area contributed by atoms with Gasteiger partial charge in [-0.25, -0.2) is 9.37 Å². The molecular weight excluding hydrogens is 373 g/mol. The molecule has 0 saturated carbocycles. The van der Waals surface area contributed by atoms with Gasteiger partial charge in [0.25, 0.3) is 0 Å². The third-order valence-corrected chi connectivity index (χ3v) is 6.62. The molecule has 1 atom stereocenters. The Balaban J connectivity index is 1.57. The van der Waals surface area contributed by atoms with Crippen LogP contribution in [0, 0.1) is 0 Å². The van der Waals surface area contributed by atoms with Crippen molar-refractivity contribution >= 4 is 22.6 Å². The SMILES string of the molecule is FCc1ccc2c(n1)c1c(n2CCc2ccc(Cl)cc2)CCN2CCCCC12. The Kier molecular flexibility index (Phi) is 4.85. The third kappa shape index (κ3) is 3.13. The molecule has 28 heavy (non-hydrogen) atoms. The molecule has 0 bridgehead atoms. The van der Waals surface area contributed by atoms with Crippen LogP contribution in [0.15, 0.2) is 36.4 Å². The summed E-state index contributed by atoms with van der Waals surface area (Å²) in [5.74, 6) is 0. The molecule has 1 saturated heterocycles. The molecule has 4 heterocycles. The van der Waals surface area contributed by atoms with Gasteiger partial charge in [-0.2, -0.15) is 0 Å². The van der Waals surface area contributed by atoms with Gasteiger partial charge < -0.3 is 4.57 Å². The van der Waals surface area contributed by atoms with Gasteiger partial charge in [0.05, 0.1) is 16.7 Å². The van der Waals surface area contributed by atoms with E-state index in [0.29, 0.717) is 11.7 Å². The molecule has 2 aliphatic heterocycles. The van der Waals surface area contributed by atoms with Crippen molar-refractivity contribution in [3.63, 3.8) is 0 Å². The topological polar surface area (TPSA) is 21.1 Å². The summed E-state index contributed by atoms with van der Waals surface area (Å²) < 4.78 is 15.8. The first-order valence-electron chi connectivity index (χ1n) is 10.3. The maximum absolute atomic E-state index is 13.3. The number of halogens is 2. The minimum absolute atomic E-state index is 0.444. The van der Waals surface area contributed by atoms with Crippen LogP contribution in [-0.4, -0.2) is 27.5 Å². The Morgan fingerprint density at radius 1 is 1.07 bits per heavy atom. The molecule has 2 aromatic heterocycles. The average molecular weight is 398 g/mol. The van der Waals surface area contributed by atoms with Crippen LogP contribution < -0.4 is 0 Å². The molecule has 0 N–H and O–H groups in total. The van der Waals surface area contributed by atoms with E-state index in [9.17, 15) is 4.39 Å². The quantitative estimate of drug-likeness (QED) is 0.580. The lowest BCUT2D eigenvalue weighted by atomic mass is 9.90. The number of alkyl halides is 1. The predicted octanol–water partition coefficient (Wildman–Crippen LogP) is 5.49. The summed E-state index contributed by atoms with van der Waals surface area (Å²) in [6.45, 7) is 2.70. The number of pyridine rings is 1. The van der Waals surface area contributed by atoms with Crippen LogP contribution in [0.5, 0.6) is 0 Å². The first-order chi connectivity index (χ1) is 13.7. The molecule has 0 amide bonds. The maximum atomic E-state index is 13.3. The molecule has 0 radical (unpaired) electrons. The largest absolute Gasteiger partial charge is 0.343 e. The highest BCUT2D eigenvalue weighted by Gasteiger charge is 2.34. The molecule has 0 spiro atoms. The second kappa shape index (κ2) is 7.49. The van der Waals surface area contributed by atoms with Crippen LogP contribution in [-0.2, 0) is 26.1 Å². The van der Waals surface area contributed by atoms with E-state index in [4.69, 9.17) is 16.6 Å². The Bertz CT molecular complexity index is 995. The molecule has 1 fully saturated rings. The molecule has 0 aliphatic carbocycles. The summed E-state index contributed by atoms with van der Waals surface area (Å²) >= 11 is 6.03. The third-order valence-electron chi connectivity index (χ3n) is 6.37. The van der Waals surface area contributed by atoms with Crippen molar-refractivity contribution in [1.82, 2.24) is 14.5 Å². The molecule has 3 aromatic rings. The van der Waals surface area contributed by atoms with Gasteiger partial charge in [0, 0.05) is 41.8 Å². The van der Waals surface area contributed by atoms with Gasteiger partial charge in [0.15, 0.2) is 0 Å². The van der Waals surface area contributed by atoms with Crippen LogP contribution >= 0.6 is 11.6 Å². The van der Waals surface area contributed by atoms with Gasteiger partial charge in [-0.3, -0.25) is 4.90 Å². The first-order valence-corrected chi connectivity index (χ1v) is 10.7. The number of piperidine rings is 1. The minimum Gasteiger partial charge on any atom is -0.343 e. The molecule has 146 valence electrons. The Morgan fingerprint density at radius 2 is 1.93 bits per heavy atom. The summed E-state index contributed by atoms with van der Waals surface area (Å²) in [5.41, 5.74) is 6.78. The van der Waals surface area contributed by atoms with Crippen LogP contribution in [0.4, 0.5) is 4.39 Å². The normalized spacial score (nSPS) is 19.6. The highest BCUT2D eigenvalue weighted by molar-refractivity contribution is 6.30.